The number of rotatable bonds is 5. The molecule has 1 aliphatic rings. The molecule has 19 heavy (non-hydrogen) atoms. The fourth-order valence-corrected chi connectivity index (χ4v) is 2.16. The average molecular weight is 263 g/mol. The summed E-state index contributed by atoms with van der Waals surface area (Å²) in [7, 11) is 0. The number of carbonyl (C=O) groups excluding carboxylic acids is 1. The Kier molecular flexibility index (Phi) is 4.43. The van der Waals surface area contributed by atoms with Gasteiger partial charge in [-0.2, -0.15) is 0 Å². The van der Waals surface area contributed by atoms with Crippen molar-refractivity contribution in [1.29, 1.82) is 0 Å². The minimum Gasteiger partial charge on any atom is -0.493 e. The van der Waals surface area contributed by atoms with E-state index in [0.29, 0.717) is 26.1 Å². The van der Waals surface area contributed by atoms with Crippen molar-refractivity contribution in [2.45, 2.75) is 20.3 Å². The number of ether oxygens (including phenoxy) is 1. The first kappa shape index (κ1) is 13.9. The maximum atomic E-state index is 11.8. The number of carbonyl (C=O) groups is 1. The molecule has 0 aliphatic carbocycles. The molecule has 0 aromatic heterocycles. The van der Waals surface area contributed by atoms with E-state index in [2.05, 4.69) is 0 Å². The summed E-state index contributed by atoms with van der Waals surface area (Å²) < 4.78 is 5.66. The number of aryl methyl sites for hydroxylation is 2. The Morgan fingerprint density at radius 1 is 1.42 bits per heavy atom. The van der Waals surface area contributed by atoms with Gasteiger partial charge in [0.25, 0.3) is 0 Å². The van der Waals surface area contributed by atoms with E-state index < -0.39 is 0 Å². The van der Waals surface area contributed by atoms with Gasteiger partial charge in [-0.15, -0.1) is 0 Å². The van der Waals surface area contributed by atoms with Crippen LogP contribution in [-0.4, -0.2) is 42.2 Å². The fourth-order valence-electron chi connectivity index (χ4n) is 2.16. The van der Waals surface area contributed by atoms with Crippen LogP contribution in [0.2, 0.25) is 0 Å². The topological polar surface area (TPSA) is 49.8 Å². The van der Waals surface area contributed by atoms with Crippen molar-refractivity contribution in [3.05, 3.63) is 29.3 Å². The van der Waals surface area contributed by atoms with E-state index in [1.807, 2.05) is 32.0 Å². The van der Waals surface area contributed by atoms with Crippen molar-refractivity contribution >= 4 is 5.91 Å². The highest BCUT2D eigenvalue weighted by molar-refractivity contribution is 5.77. The zero-order chi connectivity index (χ0) is 13.8. The zero-order valence-corrected chi connectivity index (χ0v) is 11.6. The van der Waals surface area contributed by atoms with Gasteiger partial charge in [0.2, 0.25) is 5.91 Å². The predicted octanol–water partition coefficient (Wildman–Crippen LogP) is 1.52. The monoisotopic (exact) mass is 263 g/mol. The third-order valence-electron chi connectivity index (χ3n) is 3.49. The molecule has 2 rings (SSSR count). The van der Waals surface area contributed by atoms with Crippen molar-refractivity contribution in [3.63, 3.8) is 0 Å². The molecular weight excluding hydrogens is 242 g/mol. The molecule has 0 bridgehead atoms. The molecule has 1 aromatic rings. The molecular formula is C15H21NO3. The van der Waals surface area contributed by atoms with Gasteiger partial charge >= 0.3 is 0 Å². The highest BCUT2D eigenvalue weighted by Gasteiger charge is 2.29. The summed E-state index contributed by atoms with van der Waals surface area (Å²) in [4.78, 5) is 13.6. The van der Waals surface area contributed by atoms with Crippen LogP contribution in [0, 0.1) is 19.8 Å². The third kappa shape index (κ3) is 3.47. The minimum atomic E-state index is 0.106. The second-order valence-electron chi connectivity index (χ2n) is 5.21. The lowest BCUT2D eigenvalue weighted by Gasteiger charge is -2.38. The van der Waals surface area contributed by atoms with Crippen LogP contribution in [0.25, 0.3) is 0 Å². The number of nitrogens with zero attached hydrogens (tertiary/aromatic N) is 1. The van der Waals surface area contributed by atoms with Gasteiger partial charge in [0, 0.05) is 25.6 Å². The Morgan fingerprint density at radius 3 is 2.84 bits per heavy atom. The molecule has 0 radical (unpaired) electrons. The quantitative estimate of drug-likeness (QED) is 0.876. The molecule has 1 heterocycles. The van der Waals surface area contributed by atoms with Crippen LogP contribution in [0.1, 0.15) is 17.5 Å². The summed E-state index contributed by atoms with van der Waals surface area (Å²) in [5.41, 5.74) is 2.24. The first-order valence-electron chi connectivity index (χ1n) is 6.69. The summed E-state index contributed by atoms with van der Waals surface area (Å²) in [5, 5.41) is 8.90. The van der Waals surface area contributed by atoms with Crippen LogP contribution in [0.4, 0.5) is 0 Å². The lowest BCUT2D eigenvalue weighted by molar-refractivity contribution is -0.138. The van der Waals surface area contributed by atoms with E-state index >= 15 is 0 Å². The Morgan fingerprint density at radius 2 is 2.16 bits per heavy atom. The number of aliphatic hydroxyl groups excluding tert-OH is 1. The lowest BCUT2D eigenvalue weighted by Crippen LogP contribution is -2.51. The third-order valence-corrected chi connectivity index (χ3v) is 3.49. The van der Waals surface area contributed by atoms with Gasteiger partial charge in [0.05, 0.1) is 13.0 Å². The summed E-state index contributed by atoms with van der Waals surface area (Å²) in [5.74, 6) is 1.23. The number of likely N-dealkylation sites (tertiary alicyclic amines) is 1. The van der Waals surface area contributed by atoms with Crippen molar-refractivity contribution in [2.75, 3.05) is 26.3 Å². The van der Waals surface area contributed by atoms with Crippen LogP contribution >= 0.6 is 0 Å². The number of benzene rings is 1. The molecule has 0 atom stereocenters. The van der Waals surface area contributed by atoms with Gasteiger partial charge in [0.1, 0.15) is 5.75 Å². The lowest BCUT2D eigenvalue weighted by atomic mass is 10.0. The maximum Gasteiger partial charge on any atom is 0.226 e. The second kappa shape index (κ2) is 6.06. The van der Waals surface area contributed by atoms with Gasteiger partial charge in [-0.05, 0) is 31.0 Å². The molecule has 4 heteroatoms. The van der Waals surface area contributed by atoms with E-state index in [-0.39, 0.29) is 18.4 Å². The molecule has 1 N–H and O–H groups in total. The van der Waals surface area contributed by atoms with Crippen LogP contribution in [0.3, 0.4) is 0 Å². The van der Waals surface area contributed by atoms with Crippen LogP contribution in [0.15, 0.2) is 18.2 Å². The summed E-state index contributed by atoms with van der Waals surface area (Å²) in [6.45, 7) is 5.95. The second-order valence-corrected chi connectivity index (χ2v) is 5.21. The van der Waals surface area contributed by atoms with Crippen molar-refractivity contribution in [3.8, 4) is 5.75 Å². The van der Waals surface area contributed by atoms with Gasteiger partial charge in [-0.25, -0.2) is 0 Å². The number of aliphatic hydroxyl groups is 1. The Bertz CT molecular complexity index is 453. The molecule has 1 aliphatic heterocycles. The van der Waals surface area contributed by atoms with E-state index in [0.717, 1.165) is 16.9 Å². The van der Waals surface area contributed by atoms with E-state index in [4.69, 9.17) is 9.84 Å². The summed E-state index contributed by atoms with van der Waals surface area (Å²) in [6, 6.07) is 6.06. The molecule has 1 fully saturated rings. The molecule has 104 valence electrons. The first-order chi connectivity index (χ1) is 9.10. The van der Waals surface area contributed by atoms with Crippen LogP contribution in [0.5, 0.6) is 5.75 Å². The molecule has 1 saturated heterocycles. The maximum absolute atomic E-state index is 11.8. The average Bonchev–Trinajstić information content (AvgIpc) is 2.32. The summed E-state index contributed by atoms with van der Waals surface area (Å²) in [6.07, 6.45) is 0.394. The largest absolute Gasteiger partial charge is 0.493 e. The number of amides is 1. The van der Waals surface area contributed by atoms with Gasteiger partial charge in [-0.3, -0.25) is 4.79 Å². The van der Waals surface area contributed by atoms with Crippen molar-refractivity contribution in [1.82, 2.24) is 4.90 Å². The highest BCUT2D eigenvalue weighted by Crippen LogP contribution is 2.20. The van der Waals surface area contributed by atoms with Crippen LogP contribution in [-0.2, 0) is 4.79 Å². The predicted molar refractivity (Wildman–Crippen MR) is 73.2 cm³/mol. The SMILES string of the molecule is Cc1ccc(C)c(OCCC(=O)N2CC(CO)C2)c1. The fraction of sp³-hybridized carbons (Fsp3) is 0.533. The van der Waals surface area contributed by atoms with Gasteiger partial charge in [-0.1, -0.05) is 12.1 Å². The van der Waals surface area contributed by atoms with Gasteiger partial charge < -0.3 is 14.7 Å². The molecule has 0 unspecified atom stereocenters. The standard InChI is InChI=1S/C15H21NO3/c1-11-3-4-12(2)14(7-11)19-6-5-15(18)16-8-13(9-16)10-17/h3-4,7,13,17H,5-6,8-10H2,1-2H3. The number of hydrogen-bond donors (Lipinski definition) is 1. The molecule has 1 aromatic carbocycles. The molecule has 0 spiro atoms. The van der Waals surface area contributed by atoms with Gasteiger partial charge in [0.15, 0.2) is 0 Å². The first-order valence-corrected chi connectivity index (χ1v) is 6.69. The minimum absolute atomic E-state index is 0.106. The number of hydrogen-bond acceptors (Lipinski definition) is 3. The van der Waals surface area contributed by atoms with E-state index in [9.17, 15) is 4.79 Å². The van der Waals surface area contributed by atoms with Crippen LogP contribution < -0.4 is 4.74 Å². The smallest absolute Gasteiger partial charge is 0.226 e. The van der Waals surface area contributed by atoms with E-state index in [1.165, 1.54) is 0 Å². The van der Waals surface area contributed by atoms with E-state index in [1.54, 1.807) is 4.90 Å². The normalized spacial score (nSPS) is 15.2. The Labute approximate surface area is 114 Å². The zero-order valence-electron chi connectivity index (χ0n) is 11.6. The highest BCUT2D eigenvalue weighted by atomic mass is 16.5. The Balaban J connectivity index is 1.74. The molecule has 1 amide bonds. The Hall–Kier alpha value is -1.55. The van der Waals surface area contributed by atoms with Crippen molar-refractivity contribution < 1.29 is 14.6 Å². The molecule has 0 saturated carbocycles. The summed E-state index contributed by atoms with van der Waals surface area (Å²) >= 11 is 0. The molecule has 4 nitrogen and oxygen atoms in total. The van der Waals surface area contributed by atoms with Crippen molar-refractivity contribution in [2.24, 2.45) is 5.92 Å².